The first-order chi connectivity index (χ1) is 13.1. The third-order valence-electron chi connectivity index (χ3n) is 5.64. The molecule has 0 saturated carbocycles. The normalized spacial score (nSPS) is 18.7. The number of carbonyl (C=O) groups excluding carboxylic acids is 1. The Morgan fingerprint density at radius 2 is 1.93 bits per heavy atom. The van der Waals surface area contributed by atoms with Crippen molar-refractivity contribution in [1.29, 1.82) is 0 Å². The summed E-state index contributed by atoms with van der Waals surface area (Å²) in [6.07, 6.45) is 4.84. The Kier molecular flexibility index (Phi) is 6.51. The first-order valence-electron chi connectivity index (χ1n) is 9.82. The van der Waals surface area contributed by atoms with E-state index in [1.807, 2.05) is 24.3 Å². The standard InChI is InChI=1S/C23H30N2O2/c1-17(22-10-6-7-15-25(22)2)16-19-8-4-5-9-21(19)24-23(26)18-11-13-20(27-3)14-12-18/h4-5,8-9,11-14,17,22H,6-7,10,15-16H2,1-3H3,(H,24,26). The molecule has 0 spiro atoms. The lowest BCUT2D eigenvalue weighted by Gasteiger charge is -2.37. The summed E-state index contributed by atoms with van der Waals surface area (Å²) in [7, 11) is 3.86. The molecule has 2 unspecified atom stereocenters. The van der Waals surface area contributed by atoms with Crippen LogP contribution >= 0.6 is 0 Å². The lowest BCUT2D eigenvalue weighted by Crippen LogP contribution is -2.41. The summed E-state index contributed by atoms with van der Waals surface area (Å²) < 4.78 is 5.16. The fourth-order valence-corrected chi connectivity index (χ4v) is 4.06. The smallest absolute Gasteiger partial charge is 0.255 e. The van der Waals surface area contributed by atoms with Gasteiger partial charge in [0.1, 0.15) is 5.75 Å². The maximum atomic E-state index is 12.6. The highest BCUT2D eigenvalue weighted by atomic mass is 16.5. The number of anilines is 1. The molecule has 2 atom stereocenters. The molecule has 0 bridgehead atoms. The number of piperidine rings is 1. The highest BCUT2D eigenvalue weighted by Gasteiger charge is 2.25. The summed E-state index contributed by atoms with van der Waals surface area (Å²) in [5, 5.41) is 3.09. The van der Waals surface area contributed by atoms with Crippen molar-refractivity contribution >= 4 is 11.6 Å². The van der Waals surface area contributed by atoms with Gasteiger partial charge in [0.2, 0.25) is 0 Å². The predicted octanol–water partition coefficient (Wildman–Crippen LogP) is 4.61. The second-order valence-corrected chi connectivity index (χ2v) is 7.56. The molecule has 1 N–H and O–H groups in total. The number of nitrogens with zero attached hydrogens (tertiary/aromatic N) is 1. The molecular weight excluding hydrogens is 336 g/mol. The van der Waals surface area contributed by atoms with E-state index in [2.05, 4.69) is 36.3 Å². The quantitative estimate of drug-likeness (QED) is 0.812. The maximum Gasteiger partial charge on any atom is 0.255 e. The Hall–Kier alpha value is -2.33. The second kappa shape index (κ2) is 9.05. The van der Waals surface area contributed by atoms with Crippen molar-refractivity contribution in [2.75, 3.05) is 26.0 Å². The fraction of sp³-hybridized carbons (Fsp3) is 0.435. The van der Waals surface area contributed by atoms with Gasteiger partial charge in [-0.2, -0.15) is 0 Å². The van der Waals surface area contributed by atoms with Crippen LogP contribution in [0.25, 0.3) is 0 Å². The average molecular weight is 367 g/mol. The number of hydrogen-bond acceptors (Lipinski definition) is 3. The van der Waals surface area contributed by atoms with Gasteiger partial charge in [-0.1, -0.05) is 31.5 Å². The highest BCUT2D eigenvalue weighted by molar-refractivity contribution is 6.04. The van der Waals surface area contributed by atoms with Crippen LogP contribution in [-0.2, 0) is 6.42 Å². The monoisotopic (exact) mass is 366 g/mol. The predicted molar refractivity (Wildman–Crippen MR) is 111 cm³/mol. The molecule has 1 fully saturated rings. The number of methoxy groups -OCH3 is 1. The van der Waals surface area contributed by atoms with Crippen molar-refractivity contribution < 1.29 is 9.53 Å². The Labute approximate surface area is 162 Å². The van der Waals surface area contributed by atoms with Gasteiger partial charge in [0, 0.05) is 17.3 Å². The van der Waals surface area contributed by atoms with Crippen molar-refractivity contribution in [2.45, 2.75) is 38.6 Å². The van der Waals surface area contributed by atoms with Gasteiger partial charge < -0.3 is 15.0 Å². The Morgan fingerprint density at radius 1 is 1.19 bits per heavy atom. The summed E-state index contributed by atoms with van der Waals surface area (Å²) in [5.74, 6) is 1.21. The molecule has 0 aromatic heterocycles. The Bertz CT molecular complexity index is 757. The van der Waals surface area contributed by atoms with Crippen molar-refractivity contribution in [2.24, 2.45) is 5.92 Å². The summed E-state index contributed by atoms with van der Waals surface area (Å²) in [4.78, 5) is 15.1. The molecule has 0 aliphatic carbocycles. The molecule has 144 valence electrons. The molecule has 1 aliphatic rings. The van der Waals surface area contributed by atoms with E-state index in [0.717, 1.165) is 17.9 Å². The lowest BCUT2D eigenvalue weighted by molar-refractivity contribution is 0.102. The summed E-state index contributed by atoms with van der Waals surface area (Å²) in [6.45, 7) is 3.51. The molecule has 3 rings (SSSR count). The summed E-state index contributed by atoms with van der Waals surface area (Å²) in [6, 6.07) is 16.0. The zero-order chi connectivity index (χ0) is 19.2. The van der Waals surface area contributed by atoms with Gasteiger partial charge in [-0.3, -0.25) is 4.79 Å². The Morgan fingerprint density at radius 3 is 2.63 bits per heavy atom. The summed E-state index contributed by atoms with van der Waals surface area (Å²) >= 11 is 0. The SMILES string of the molecule is COc1ccc(C(=O)Nc2ccccc2CC(C)C2CCCCN2C)cc1. The van der Waals surface area contributed by atoms with E-state index in [4.69, 9.17) is 4.74 Å². The minimum Gasteiger partial charge on any atom is -0.497 e. The first-order valence-corrected chi connectivity index (χ1v) is 9.82. The number of ether oxygens (including phenoxy) is 1. The van der Waals surface area contributed by atoms with E-state index >= 15 is 0 Å². The van der Waals surface area contributed by atoms with Gasteiger partial charge in [0.25, 0.3) is 5.91 Å². The third kappa shape index (κ3) is 4.89. The van der Waals surface area contributed by atoms with Gasteiger partial charge in [-0.25, -0.2) is 0 Å². The van der Waals surface area contributed by atoms with Crippen molar-refractivity contribution in [3.8, 4) is 5.75 Å². The van der Waals surface area contributed by atoms with Crippen LogP contribution in [-0.4, -0.2) is 37.6 Å². The van der Waals surface area contributed by atoms with Crippen LogP contribution in [0.5, 0.6) is 5.75 Å². The van der Waals surface area contributed by atoms with Crippen molar-refractivity contribution in [3.63, 3.8) is 0 Å². The number of rotatable bonds is 6. The number of likely N-dealkylation sites (tertiary alicyclic amines) is 1. The fourth-order valence-electron chi connectivity index (χ4n) is 4.06. The van der Waals surface area contributed by atoms with Crippen molar-refractivity contribution in [1.82, 2.24) is 4.90 Å². The van der Waals surface area contributed by atoms with Gasteiger partial charge >= 0.3 is 0 Å². The van der Waals surface area contributed by atoms with Crippen LogP contribution in [0, 0.1) is 5.92 Å². The second-order valence-electron chi connectivity index (χ2n) is 7.56. The van der Waals surface area contributed by atoms with E-state index in [9.17, 15) is 4.79 Å². The van der Waals surface area contributed by atoms with Gasteiger partial charge in [0.05, 0.1) is 7.11 Å². The summed E-state index contributed by atoms with van der Waals surface area (Å²) in [5.41, 5.74) is 2.74. The number of nitrogens with one attached hydrogen (secondary N) is 1. The number of carbonyl (C=O) groups is 1. The van der Waals surface area contributed by atoms with Crippen LogP contribution in [0.3, 0.4) is 0 Å². The highest BCUT2D eigenvalue weighted by Crippen LogP contribution is 2.27. The number of para-hydroxylation sites is 1. The molecular formula is C23H30N2O2. The van der Waals surface area contributed by atoms with E-state index in [0.29, 0.717) is 17.5 Å². The van der Waals surface area contributed by atoms with Crippen LogP contribution in [0.1, 0.15) is 42.1 Å². The molecule has 0 radical (unpaired) electrons. The van der Waals surface area contributed by atoms with Gasteiger partial charge in [-0.05, 0) is 74.7 Å². The minimum absolute atomic E-state index is 0.0902. The van der Waals surface area contributed by atoms with Crippen molar-refractivity contribution in [3.05, 3.63) is 59.7 Å². The van der Waals surface area contributed by atoms with E-state index in [1.165, 1.54) is 31.4 Å². The molecule has 1 saturated heterocycles. The van der Waals surface area contributed by atoms with E-state index < -0.39 is 0 Å². The molecule has 4 heteroatoms. The van der Waals surface area contributed by atoms with Crippen LogP contribution in [0.2, 0.25) is 0 Å². The topological polar surface area (TPSA) is 41.6 Å². The minimum atomic E-state index is -0.0902. The zero-order valence-electron chi connectivity index (χ0n) is 16.6. The largest absolute Gasteiger partial charge is 0.497 e. The van der Waals surface area contributed by atoms with Gasteiger partial charge in [-0.15, -0.1) is 0 Å². The molecule has 1 heterocycles. The molecule has 1 aliphatic heterocycles. The number of hydrogen-bond donors (Lipinski definition) is 1. The van der Waals surface area contributed by atoms with Gasteiger partial charge in [0.15, 0.2) is 0 Å². The Balaban J connectivity index is 1.70. The molecule has 2 aromatic carbocycles. The van der Waals surface area contributed by atoms with E-state index in [1.54, 1.807) is 19.2 Å². The maximum absolute atomic E-state index is 12.6. The lowest BCUT2D eigenvalue weighted by atomic mass is 9.87. The first kappa shape index (κ1) is 19.4. The number of amides is 1. The zero-order valence-corrected chi connectivity index (χ0v) is 16.6. The molecule has 2 aromatic rings. The molecule has 27 heavy (non-hydrogen) atoms. The molecule has 4 nitrogen and oxygen atoms in total. The van der Waals surface area contributed by atoms with Crippen LogP contribution in [0.15, 0.2) is 48.5 Å². The third-order valence-corrected chi connectivity index (χ3v) is 5.64. The number of benzene rings is 2. The molecule has 1 amide bonds. The van der Waals surface area contributed by atoms with Crippen LogP contribution in [0.4, 0.5) is 5.69 Å². The van der Waals surface area contributed by atoms with E-state index in [-0.39, 0.29) is 5.91 Å². The van der Waals surface area contributed by atoms with Crippen LogP contribution < -0.4 is 10.1 Å². The average Bonchev–Trinajstić information content (AvgIpc) is 2.69.